The molecule has 0 radical (unpaired) electrons. The summed E-state index contributed by atoms with van der Waals surface area (Å²) in [4.78, 5) is 13.7. The zero-order chi connectivity index (χ0) is 22.1. The summed E-state index contributed by atoms with van der Waals surface area (Å²) < 4.78 is 2.05. The summed E-state index contributed by atoms with van der Waals surface area (Å²) >= 11 is 0. The molecule has 1 aromatic heterocycles. The standard InChI is InChI=1S/C27H40N2O2/c1-6-29-17(3)22(16(2)28-29)13-18-14-24-21-8-7-19-15-20(30)9-11-26(19,4)23(21)10-12-27(24,5)25(18)31/h13,19-21,23-24,30H,6-12,14-15H2,1-5H3/b18-13-/t19-,20-,21-,23+,24+,26-,27-/m0/s1. The van der Waals surface area contributed by atoms with Crippen molar-refractivity contribution >= 4 is 11.9 Å². The van der Waals surface area contributed by atoms with Crippen LogP contribution < -0.4 is 0 Å². The van der Waals surface area contributed by atoms with Crippen molar-refractivity contribution in [3.05, 3.63) is 22.5 Å². The van der Waals surface area contributed by atoms with Crippen LogP contribution in [0.1, 0.15) is 89.1 Å². The lowest BCUT2D eigenvalue weighted by atomic mass is 9.45. The lowest BCUT2D eigenvalue weighted by molar-refractivity contribution is -0.141. The fourth-order valence-corrected chi connectivity index (χ4v) is 8.44. The molecule has 0 spiro atoms. The van der Waals surface area contributed by atoms with Gasteiger partial charge in [0.25, 0.3) is 0 Å². The first-order valence-electron chi connectivity index (χ1n) is 12.7. The van der Waals surface area contributed by atoms with Crippen LogP contribution in [0.3, 0.4) is 0 Å². The Kier molecular flexibility index (Phi) is 5.04. The molecule has 1 aromatic rings. The molecule has 4 heteroatoms. The summed E-state index contributed by atoms with van der Waals surface area (Å²) in [5.41, 5.74) is 4.57. The number of aliphatic hydroxyl groups excluding tert-OH is 1. The minimum Gasteiger partial charge on any atom is -0.393 e. The summed E-state index contributed by atoms with van der Waals surface area (Å²) in [5, 5.41) is 14.9. The number of ketones is 1. The van der Waals surface area contributed by atoms with Gasteiger partial charge in [0.1, 0.15) is 0 Å². The zero-order valence-corrected chi connectivity index (χ0v) is 20.1. The Morgan fingerprint density at radius 1 is 1.13 bits per heavy atom. The third-order valence-electron chi connectivity index (χ3n) is 10.3. The van der Waals surface area contributed by atoms with E-state index in [-0.39, 0.29) is 11.5 Å². The SMILES string of the molecule is CCn1nc(C)c(/C=C2/C[C@@H]3[C@H]4CC[C@H]5C[C@@H](O)CC[C@]5(C)[C@@H]4CC[C@]3(C)C2=O)c1C. The first kappa shape index (κ1) is 21.4. The van der Waals surface area contributed by atoms with Gasteiger partial charge in [0.2, 0.25) is 0 Å². The molecule has 0 aromatic carbocycles. The number of aromatic nitrogens is 2. The maximum atomic E-state index is 13.7. The number of fused-ring (bicyclic) bond motifs is 5. The van der Waals surface area contributed by atoms with E-state index in [0.717, 1.165) is 61.4 Å². The number of nitrogens with zero attached hydrogens (tertiary/aromatic N) is 2. The summed E-state index contributed by atoms with van der Waals surface area (Å²) in [7, 11) is 0. The number of rotatable bonds is 2. The molecule has 4 aliphatic carbocycles. The van der Waals surface area contributed by atoms with E-state index in [2.05, 4.69) is 45.8 Å². The molecule has 0 saturated heterocycles. The van der Waals surface area contributed by atoms with Crippen LogP contribution in [0.4, 0.5) is 0 Å². The number of aryl methyl sites for hydroxylation is 2. The van der Waals surface area contributed by atoms with Crippen molar-refractivity contribution in [3.63, 3.8) is 0 Å². The van der Waals surface area contributed by atoms with Crippen molar-refractivity contribution in [3.8, 4) is 0 Å². The van der Waals surface area contributed by atoms with Gasteiger partial charge in [0.05, 0.1) is 11.8 Å². The molecule has 0 aliphatic heterocycles. The molecule has 4 nitrogen and oxygen atoms in total. The Morgan fingerprint density at radius 3 is 2.61 bits per heavy atom. The summed E-state index contributed by atoms with van der Waals surface area (Å²) in [6.45, 7) is 12.0. The van der Waals surface area contributed by atoms with Gasteiger partial charge in [-0.1, -0.05) is 13.8 Å². The average Bonchev–Trinajstić information content (AvgIpc) is 3.16. The van der Waals surface area contributed by atoms with Gasteiger partial charge in [0.15, 0.2) is 5.78 Å². The molecular formula is C27H40N2O2. The van der Waals surface area contributed by atoms with Crippen molar-refractivity contribution in [2.24, 2.45) is 34.5 Å². The van der Waals surface area contributed by atoms with Crippen LogP contribution in [-0.2, 0) is 11.3 Å². The minimum absolute atomic E-state index is 0.0957. The highest BCUT2D eigenvalue weighted by Gasteiger charge is 2.61. The number of carbonyl (C=O) groups excluding carboxylic acids is 1. The largest absolute Gasteiger partial charge is 0.393 e. The number of hydrogen-bond acceptors (Lipinski definition) is 3. The Morgan fingerprint density at radius 2 is 1.90 bits per heavy atom. The Bertz CT molecular complexity index is 930. The van der Waals surface area contributed by atoms with Gasteiger partial charge in [-0.3, -0.25) is 9.48 Å². The van der Waals surface area contributed by atoms with Crippen LogP contribution in [-0.4, -0.2) is 26.8 Å². The van der Waals surface area contributed by atoms with Crippen molar-refractivity contribution in [1.82, 2.24) is 9.78 Å². The van der Waals surface area contributed by atoms with E-state index in [1.807, 2.05) is 4.68 Å². The van der Waals surface area contributed by atoms with Crippen LogP contribution in [0.25, 0.3) is 6.08 Å². The second-order valence-electron chi connectivity index (χ2n) is 11.6. The third kappa shape index (κ3) is 3.03. The normalized spacial score (nSPS) is 43.6. The third-order valence-corrected chi connectivity index (χ3v) is 10.3. The quantitative estimate of drug-likeness (QED) is 0.639. The number of hydrogen-bond donors (Lipinski definition) is 1. The monoisotopic (exact) mass is 424 g/mol. The van der Waals surface area contributed by atoms with E-state index in [1.165, 1.54) is 25.0 Å². The van der Waals surface area contributed by atoms with Crippen molar-refractivity contribution in [2.75, 3.05) is 0 Å². The van der Waals surface area contributed by atoms with E-state index < -0.39 is 0 Å². The summed E-state index contributed by atoms with van der Waals surface area (Å²) in [5.74, 6) is 2.93. The molecule has 0 amide bonds. The highest BCUT2D eigenvalue weighted by Crippen LogP contribution is 2.66. The molecular weight excluding hydrogens is 384 g/mol. The van der Waals surface area contributed by atoms with Gasteiger partial charge >= 0.3 is 0 Å². The molecule has 0 bridgehead atoms. The van der Waals surface area contributed by atoms with Gasteiger partial charge in [-0.15, -0.1) is 0 Å². The lowest BCUT2D eigenvalue weighted by Crippen LogP contribution is -2.54. The second-order valence-corrected chi connectivity index (χ2v) is 11.6. The maximum Gasteiger partial charge on any atom is 0.165 e. The maximum absolute atomic E-state index is 13.7. The number of carbonyl (C=O) groups is 1. The molecule has 4 fully saturated rings. The molecule has 7 atom stereocenters. The summed E-state index contributed by atoms with van der Waals surface area (Å²) in [6, 6.07) is 0. The second kappa shape index (κ2) is 7.30. The van der Waals surface area contributed by atoms with E-state index in [1.54, 1.807) is 0 Å². The topological polar surface area (TPSA) is 55.1 Å². The Hall–Kier alpha value is -1.42. The zero-order valence-electron chi connectivity index (χ0n) is 20.1. The molecule has 5 rings (SSSR count). The van der Waals surface area contributed by atoms with Crippen LogP contribution in [0, 0.1) is 48.3 Å². The average molecular weight is 425 g/mol. The van der Waals surface area contributed by atoms with Gasteiger partial charge in [-0.05, 0) is 113 Å². The van der Waals surface area contributed by atoms with E-state index in [4.69, 9.17) is 0 Å². The first-order valence-corrected chi connectivity index (χ1v) is 12.7. The molecule has 1 heterocycles. The molecule has 0 unspecified atom stereocenters. The van der Waals surface area contributed by atoms with Crippen LogP contribution >= 0.6 is 0 Å². The van der Waals surface area contributed by atoms with Crippen LogP contribution in [0.15, 0.2) is 5.57 Å². The number of aliphatic hydroxyl groups is 1. The highest BCUT2D eigenvalue weighted by atomic mass is 16.3. The van der Waals surface area contributed by atoms with Crippen molar-refractivity contribution in [1.29, 1.82) is 0 Å². The fraction of sp³-hybridized carbons (Fsp3) is 0.778. The van der Waals surface area contributed by atoms with E-state index in [0.29, 0.717) is 29.0 Å². The predicted molar refractivity (Wildman–Crippen MR) is 123 cm³/mol. The molecule has 4 aliphatic rings. The Balaban J connectivity index is 1.46. The van der Waals surface area contributed by atoms with Crippen molar-refractivity contribution < 1.29 is 9.90 Å². The first-order chi connectivity index (χ1) is 14.7. The Labute approximate surface area is 187 Å². The summed E-state index contributed by atoms with van der Waals surface area (Å²) in [6.07, 6.45) is 10.8. The lowest BCUT2D eigenvalue weighted by Gasteiger charge is -2.59. The van der Waals surface area contributed by atoms with Gasteiger partial charge in [0, 0.05) is 23.2 Å². The van der Waals surface area contributed by atoms with Gasteiger partial charge in [-0.2, -0.15) is 5.10 Å². The van der Waals surface area contributed by atoms with Crippen molar-refractivity contribution in [2.45, 2.75) is 98.6 Å². The van der Waals surface area contributed by atoms with Gasteiger partial charge < -0.3 is 5.11 Å². The van der Waals surface area contributed by atoms with Gasteiger partial charge in [-0.25, -0.2) is 0 Å². The van der Waals surface area contributed by atoms with Crippen LogP contribution in [0.5, 0.6) is 0 Å². The number of allylic oxidation sites excluding steroid dienone is 1. The molecule has 170 valence electrons. The number of Topliss-reactive ketones (excluding diaryl/α,β-unsaturated/α-hetero) is 1. The molecule has 4 saturated carbocycles. The molecule has 31 heavy (non-hydrogen) atoms. The smallest absolute Gasteiger partial charge is 0.165 e. The molecule has 1 N–H and O–H groups in total. The minimum atomic E-state index is -0.188. The highest BCUT2D eigenvalue weighted by molar-refractivity contribution is 6.06. The van der Waals surface area contributed by atoms with Crippen LogP contribution in [0.2, 0.25) is 0 Å². The fourth-order valence-electron chi connectivity index (χ4n) is 8.44. The van der Waals surface area contributed by atoms with E-state index in [9.17, 15) is 9.90 Å². The predicted octanol–water partition coefficient (Wildman–Crippen LogP) is 5.49. The van der Waals surface area contributed by atoms with E-state index >= 15 is 0 Å².